The van der Waals surface area contributed by atoms with Crippen molar-refractivity contribution in [2.45, 2.75) is 38.0 Å². The van der Waals surface area contributed by atoms with Gasteiger partial charge in [0.15, 0.2) is 0 Å². The van der Waals surface area contributed by atoms with Gasteiger partial charge in [0.1, 0.15) is 5.01 Å². The number of sulfonamides is 1. The summed E-state index contributed by atoms with van der Waals surface area (Å²) in [6.07, 6.45) is 7.01. The first-order valence-corrected chi connectivity index (χ1v) is 11.2. The van der Waals surface area contributed by atoms with Crippen molar-refractivity contribution in [1.82, 2.24) is 10.2 Å². The fraction of sp³-hybridized carbons (Fsp3) is 0.471. The zero-order valence-corrected chi connectivity index (χ0v) is 16.4. The average Bonchev–Trinajstić information content (AvgIpc) is 3.09. The van der Waals surface area contributed by atoms with E-state index in [1.54, 1.807) is 24.3 Å². The highest BCUT2D eigenvalue weighted by Gasteiger charge is 2.22. The third-order valence-electron chi connectivity index (χ3n) is 4.60. The van der Waals surface area contributed by atoms with Crippen LogP contribution in [0.1, 0.15) is 53.4 Å². The Labute approximate surface area is 157 Å². The number of rotatable bonds is 5. The second-order valence-corrected chi connectivity index (χ2v) is 9.51. The van der Waals surface area contributed by atoms with Crippen molar-refractivity contribution in [3.05, 3.63) is 34.8 Å². The highest BCUT2D eigenvalue weighted by molar-refractivity contribution is 7.92. The number of benzene rings is 1. The van der Waals surface area contributed by atoms with Crippen LogP contribution in [0.15, 0.2) is 24.3 Å². The maximum absolute atomic E-state index is 12.7. The quantitative estimate of drug-likeness (QED) is 0.840. The van der Waals surface area contributed by atoms with Crippen molar-refractivity contribution in [3.63, 3.8) is 0 Å². The van der Waals surface area contributed by atoms with Gasteiger partial charge in [0.05, 0.1) is 17.5 Å². The second kappa shape index (κ2) is 7.71. The fourth-order valence-electron chi connectivity index (χ4n) is 3.08. The monoisotopic (exact) mass is 394 g/mol. The highest BCUT2D eigenvalue weighted by Crippen LogP contribution is 2.35. The SMILES string of the molecule is CN(c1ccccc1C(=O)Nc1nnc(C2CCCCC2)s1)S(C)(=O)=O. The van der Waals surface area contributed by atoms with Gasteiger partial charge in [-0.2, -0.15) is 0 Å². The zero-order chi connectivity index (χ0) is 18.7. The number of hydrogen-bond donors (Lipinski definition) is 1. The Morgan fingerprint density at radius 3 is 2.58 bits per heavy atom. The van der Waals surface area contributed by atoms with E-state index in [2.05, 4.69) is 15.5 Å². The van der Waals surface area contributed by atoms with Crippen LogP contribution in [0.5, 0.6) is 0 Å². The first-order valence-electron chi connectivity index (χ1n) is 8.54. The lowest BCUT2D eigenvalue weighted by Gasteiger charge is -2.19. The molecular weight excluding hydrogens is 372 g/mol. The summed E-state index contributed by atoms with van der Waals surface area (Å²) in [5.41, 5.74) is 0.597. The second-order valence-electron chi connectivity index (χ2n) is 6.48. The summed E-state index contributed by atoms with van der Waals surface area (Å²) in [5.74, 6) is 0.0259. The molecule has 1 heterocycles. The predicted octanol–water partition coefficient (Wildman–Crippen LogP) is 3.23. The lowest BCUT2D eigenvalue weighted by atomic mass is 9.90. The van der Waals surface area contributed by atoms with Crippen LogP contribution in [0, 0.1) is 0 Å². The third-order valence-corrected chi connectivity index (χ3v) is 6.79. The van der Waals surface area contributed by atoms with Crippen LogP contribution >= 0.6 is 11.3 Å². The molecule has 0 aliphatic heterocycles. The molecule has 0 spiro atoms. The van der Waals surface area contributed by atoms with E-state index in [1.807, 2.05) is 0 Å². The minimum Gasteiger partial charge on any atom is -0.296 e. The van der Waals surface area contributed by atoms with Crippen molar-refractivity contribution in [3.8, 4) is 0 Å². The van der Waals surface area contributed by atoms with E-state index in [0.29, 0.717) is 16.7 Å². The van der Waals surface area contributed by atoms with Crippen LogP contribution in [-0.2, 0) is 10.0 Å². The summed E-state index contributed by atoms with van der Waals surface area (Å²) in [5, 5.41) is 12.5. The van der Waals surface area contributed by atoms with E-state index in [-0.39, 0.29) is 5.56 Å². The molecule has 1 saturated carbocycles. The maximum atomic E-state index is 12.7. The van der Waals surface area contributed by atoms with E-state index in [9.17, 15) is 13.2 Å². The van der Waals surface area contributed by atoms with Crippen molar-refractivity contribution in [2.24, 2.45) is 0 Å². The molecule has 140 valence electrons. The molecule has 2 aromatic rings. The molecule has 0 radical (unpaired) electrons. The van der Waals surface area contributed by atoms with E-state index in [4.69, 9.17) is 0 Å². The normalized spacial score (nSPS) is 15.6. The molecule has 0 unspecified atom stereocenters. The summed E-state index contributed by atoms with van der Waals surface area (Å²) in [4.78, 5) is 12.7. The molecule has 1 fully saturated rings. The molecule has 1 aromatic carbocycles. The maximum Gasteiger partial charge on any atom is 0.259 e. The predicted molar refractivity (Wildman–Crippen MR) is 103 cm³/mol. The molecule has 3 rings (SSSR count). The third kappa shape index (κ3) is 4.21. The number of amides is 1. The number of carbonyl (C=O) groups is 1. The number of nitrogens with one attached hydrogen (secondary N) is 1. The van der Waals surface area contributed by atoms with Gasteiger partial charge >= 0.3 is 0 Å². The molecule has 7 nitrogen and oxygen atoms in total. The number of anilines is 2. The Hall–Kier alpha value is -2.00. The van der Waals surface area contributed by atoms with Gasteiger partial charge < -0.3 is 0 Å². The Kier molecular flexibility index (Phi) is 5.57. The van der Waals surface area contributed by atoms with Crippen molar-refractivity contribution in [1.29, 1.82) is 0 Å². The number of para-hydroxylation sites is 1. The molecule has 1 N–H and O–H groups in total. The largest absolute Gasteiger partial charge is 0.296 e. The van der Waals surface area contributed by atoms with Crippen LogP contribution in [0.3, 0.4) is 0 Å². The number of hydrogen-bond acceptors (Lipinski definition) is 6. The Morgan fingerprint density at radius 1 is 1.19 bits per heavy atom. The number of aromatic nitrogens is 2. The molecule has 1 amide bonds. The van der Waals surface area contributed by atoms with Crippen LogP contribution < -0.4 is 9.62 Å². The Morgan fingerprint density at radius 2 is 1.88 bits per heavy atom. The first kappa shape index (κ1) is 18.8. The summed E-state index contributed by atoms with van der Waals surface area (Å²) >= 11 is 1.40. The van der Waals surface area contributed by atoms with Gasteiger partial charge in [-0.25, -0.2) is 8.42 Å². The van der Waals surface area contributed by atoms with Crippen molar-refractivity contribution in [2.75, 3.05) is 22.9 Å². The fourth-order valence-corrected chi connectivity index (χ4v) is 4.51. The van der Waals surface area contributed by atoms with Gasteiger partial charge in [-0.1, -0.05) is 42.7 Å². The molecule has 1 aliphatic rings. The van der Waals surface area contributed by atoms with Gasteiger partial charge in [-0.3, -0.25) is 14.4 Å². The van der Waals surface area contributed by atoms with Gasteiger partial charge in [-0.05, 0) is 25.0 Å². The molecule has 0 atom stereocenters. The zero-order valence-electron chi connectivity index (χ0n) is 14.8. The minimum absolute atomic E-state index is 0.273. The number of carbonyl (C=O) groups excluding carboxylic acids is 1. The van der Waals surface area contributed by atoms with E-state index >= 15 is 0 Å². The summed E-state index contributed by atoms with van der Waals surface area (Å²) < 4.78 is 24.7. The molecule has 0 saturated heterocycles. The average molecular weight is 395 g/mol. The summed E-state index contributed by atoms with van der Waals surface area (Å²) in [6.45, 7) is 0. The summed E-state index contributed by atoms with van der Waals surface area (Å²) in [7, 11) is -2.04. The first-order chi connectivity index (χ1) is 12.4. The lowest BCUT2D eigenvalue weighted by molar-refractivity contribution is 0.102. The Balaban J connectivity index is 1.78. The van der Waals surface area contributed by atoms with Gasteiger partial charge in [0.2, 0.25) is 15.2 Å². The van der Waals surface area contributed by atoms with E-state index in [1.165, 1.54) is 37.6 Å². The smallest absolute Gasteiger partial charge is 0.259 e. The van der Waals surface area contributed by atoms with Gasteiger partial charge in [0, 0.05) is 13.0 Å². The topological polar surface area (TPSA) is 92.3 Å². The van der Waals surface area contributed by atoms with E-state index in [0.717, 1.165) is 28.4 Å². The molecule has 9 heteroatoms. The van der Waals surface area contributed by atoms with Gasteiger partial charge in [0.25, 0.3) is 5.91 Å². The van der Waals surface area contributed by atoms with Crippen molar-refractivity contribution < 1.29 is 13.2 Å². The van der Waals surface area contributed by atoms with Crippen LogP contribution in [0.25, 0.3) is 0 Å². The molecule has 1 aromatic heterocycles. The number of nitrogens with zero attached hydrogens (tertiary/aromatic N) is 3. The molecular formula is C17H22N4O3S2. The van der Waals surface area contributed by atoms with Gasteiger partial charge in [-0.15, -0.1) is 10.2 Å². The van der Waals surface area contributed by atoms with Crippen LogP contribution in [0.2, 0.25) is 0 Å². The minimum atomic E-state index is -3.47. The highest BCUT2D eigenvalue weighted by atomic mass is 32.2. The Bertz CT molecular complexity index is 889. The molecule has 26 heavy (non-hydrogen) atoms. The summed E-state index contributed by atoms with van der Waals surface area (Å²) in [6, 6.07) is 6.58. The molecule has 0 bridgehead atoms. The van der Waals surface area contributed by atoms with E-state index < -0.39 is 15.9 Å². The standard InChI is InChI=1S/C17H22N4O3S2/c1-21(26(2,23)24)14-11-7-6-10-13(14)15(22)18-17-20-19-16(25-17)12-8-4-3-5-9-12/h6-7,10-12H,3-5,8-9H2,1-2H3,(H,18,20,22). The van der Waals surface area contributed by atoms with Crippen LogP contribution in [0.4, 0.5) is 10.8 Å². The van der Waals surface area contributed by atoms with Crippen LogP contribution in [-0.4, -0.2) is 37.8 Å². The van der Waals surface area contributed by atoms with Crippen molar-refractivity contribution >= 4 is 38.1 Å². The molecule has 1 aliphatic carbocycles. The lowest BCUT2D eigenvalue weighted by Crippen LogP contribution is -2.27.